The Morgan fingerprint density at radius 2 is 2.00 bits per heavy atom. The summed E-state index contributed by atoms with van der Waals surface area (Å²) in [4.78, 5) is 31.6. The number of rotatable bonds is 5. The van der Waals surface area contributed by atoms with Crippen molar-refractivity contribution in [1.82, 2.24) is 19.7 Å². The minimum atomic E-state index is -0.290. The zero-order valence-electron chi connectivity index (χ0n) is 20.2. The van der Waals surface area contributed by atoms with Crippen LogP contribution in [-0.4, -0.2) is 44.8 Å². The van der Waals surface area contributed by atoms with Gasteiger partial charge in [0.2, 0.25) is 12.7 Å². The van der Waals surface area contributed by atoms with Crippen LogP contribution in [0.1, 0.15) is 41.5 Å². The minimum absolute atomic E-state index is 0.00486. The third-order valence-electron chi connectivity index (χ3n) is 6.86. The number of carbonyl (C=O) groups is 2. The fourth-order valence-corrected chi connectivity index (χ4v) is 5.23. The summed E-state index contributed by atoms with van der Waals surface area (Å²) in [6, 6.07) is 13.3. The van der Waals surface area contributed by atoms with Gasteiger partial charge in [0.15, 0.2) is 11.5 Å². The Kier molecular flexibility index (Phi) is 5.40. The average Bonchev–Trinajstić information content (AvgIpc) is 3.60. The monoisotopic (exact) mass is 485 g/mol. The van der Waals surface area contributed by atoms with Crippen LogP contribution in [0.2, 0.25) is 0 Å². The second-order valence-corrected chi connectivity index (χ2v) is 9.54. The summed E-state index contributed by atoms with van der Waals surface area (Å²) < 4.78 is 12.2. The molecule has 36 heavy (non-hydrogen) atoms. The first-order valence-corrected chi connectivity index (χ1v) is 12.1. The average molecular weight is 486 g/mol. The summed E-state index contributed by atoms with van der Waals surface area (Å²) in [7, 11) is 0. The number of ether oxygens (including phenoxy) is 2. The highest BCUT2D eigenvalue weighted by Crippen LogP contribution is 2.38. The number of anilines is 1. The molecule has 9 heteroatoms. The zero-order chi connectivity index (χ0) is 24.8. The van der Waals surface area contributed by atoms with Crippen molar-refractivity contribution in [3.8, 4) is 11.5 Å². The number of nitrogens with one attached hydrogen (secondary N) is 2. The van der Waals surface area contributed by atoms with Crippen LogP contribution < -0.4 is 14.8 Å². The number of hydrogen-bond acceptors (Lipinski definition) is 5. The zero-order valence-corrected chi connectivity index (χ0v) is 20.2. The van der Waals surface area contributed by atoms with E-state index >= 15 is 0 Å². The molecule has 9 nitrogen and oxygen atoms in total. The van der Waals surface area contributed by atoms with E-state index in [1.165, 1.54) is 10.9 Å². The van der Waals surface area contributed by atoms with E-state index in [1.807, 2.05) is 11.0 Å². The van der Waals surface area contributed by atoms with E-state index in [-0.39, 0.29) is 37.1 Å². The van der Waals surface area contributed by atoms with Crippen LogP contribution in [0.3, 0.4) is 0 Å². The van der Waals surface area contributed by atoms with Crippen LogP contribution in [0.15, 0.2) is 54.9 Å². The highest BCUT2D eigenvalue weighted by molar-refractivity contribution is 6.04. The van der Waals surface area contributed by atoms with Crippen molar-refractivity contribution in [2.45, 2.75) is 32.9 Å². The van der Waals surface area contributed by atoms with Gasteiger partial charge in [0.25, 0.3) is 5.91 Å². The predicted octanol–water partition coefficient (Wildman–Crippen LogP) is 4.13. The normalized spacial score (nSPS) is 16.4. The lowest BCUT2D eigenvalue weighted by molar-refractivity contribution is -0.136. The molecule has 0 fully saturated rings. The van der Waals surface area contributed by atoms with Crippen molar-refractivity contribution < 1.29 is 19.1 Å². The number of benzene rings is 2. The summed E-state index contributed by atoms with van der Waals surface area (Å²) >= 11 is 0. The predicted molar refractivity (Wildman–Crippen MR) is 134 cm³/mol. The lowest BCUT2D eigenvalue weighted by Gasteiger charge is -2.38. The Hall–Kier alpha value is -4.27. The highest BCUT2D eigenvalue weighted by Gasteiger charge is 2.35. The molecule has 1 unspecified atom stereocenters. The van der Waals surface area contributed by atoms with Gasteiger partial charge in [-0.1, -0.05) is 32.0 Å². The molecule has 2 aromatic carbocycles. The standard InChI is InChI=1S/C27H27N5O4/c1-16(2)26-25-20(19-5-3-4-6-21(19)30-25)9-10-32(26)24(33)14-31-13-18(12-28-31)29-27(34)17-7-8-22-23(11-17)36-15-35-22/h3-8,11-13,16,26,30H,9-10,14-15H2,1-2H3,(H,29,34). The summed E-state index contributed by atoms with van der Waals surface area (Å²) in [5, 5.41) is 8.37. The van der Waals surface area contributed by atoms with E-state index in [0.29, 0.717) is 29.3 Å². The van der Waals surface area contributed by atoms with Gasteiger partial charge >= 0.3 is 0 Å². The van der Waals surface area contributed by atoms with Crippen LogP contribution in [-0.2, 0) is 17.8 Å². The largest absolute Gasteiger partial charge is 0.454 e. The molecule has 0 saturated carbocycles. The number of nitrogens with zero attached hydrogens (tertiary/aromatic N) is 3. The van der Waals surface area contributed by atoms with Gasteiger partial charge in [-0.15, -0.1) is 0 Å². The maximum atomic E-state index is 13.4. The van der Waals surface area contributed by atoms with Crippen LogP contribution in [0.25, 0.3) is 10.9 Å². The van der Waals surface area contributed by atoms with Gasteiger partial charge in [0.1, 0.15) is 6.54 Å². The molecule has 0 saturated heterocycles. The molecular weight excluding hydrogens is 458 g/mol. The second kappa shape index (κ2) is 8.75. The summed E-state index contributed by atoms with van der Waals surface area (Å²) in [5.74, 6) is 1.12. The Bertz CT molecular complexity index is 1470. The van der Waals surface area contributed by atoms with Gasteiger partial charge in [-0.05, 0) is 42.2 Å². The molecular formula is C27H27N5O4. The van der Waals surface area contributed by atoms with E-state index in [2.05, 4.69) is 47.4 Å². The van der Waals surface area contributed by atoms with Gasteiger partial charge in [0, 0.05) is 34.9 Å². The third-order valence-corrected chi connectivity index (χ3v) is 6.86. The number of fused-ring (bicyclic) bond motifs is 4. The molecule has 0 aliphatic carbocycles. The van der Waals surface area contributed by atoms with E-state index in [4.69, 9.17) is 9.47 Å². The van der Waals surface area contributed by atoms with Crippen LogP contribution in [0, 0.1) is 5.92 Å². The van der Waals surface area contributed by atoms with Crippen LogP contribution in [0.4, 0.5) is 5.69 Å². The molecule has 0 bridgehead atoms. The molecule has 0 spiro atoms. The van der Waals surface area contributed by atoms with Gasteiger partial charge in [-0.3, -0.25) is 14.3 Å². The number of hydrogen-bond donors (Lipinski definition) is 2. The Labute approximate surface area is 208 Å². The highest BCUT2D eigenvalue weighted by atomic mass is 16.7. The van der Waals surface area contributed by atoms with Crippen molar-refractivity contribution in [2.75, 3.05) is 18.7 Å². The summed E-state index contributed by atoms with van der Waals surface area (Å²) in [5.41, 5.74) is 4.51. The minimum Gasteiger partial charge on any atom is -0.454 e. The molecule has 4 aromatic rings. The second-order valence-electron chi connectivity index (χ2n) is 9.54. The SMILES string of the molecule is CC(C)C1c2[nH]c3ccccc3c2CCN1C(=O)Cn1cc(NC(=O)c2ccc3c(c2)OCO3)cn1. The molecule has 184 valence electrons. The first-order chi connectivity index (χ1) is 17.5. The number of para-hydroxylation sites is 1. The first kappa shape index (κ1) is 22.2. The molecule has 0 radical (unpaired) electrons. The molecule has 4 heterocycles. The van der Waals surface area contributed by atoms with Gasteiger partial charge in [-0.2, -0.15) is 5.10 Å². The number of aromatic nitrogens is 3. The van der Waals surface area contributed by atoms with E-state index in [9.17, 15) is 9.59 Å². The molecule has 2 amide bonds. The molecule has 1 atom stereocenters. The Balaban J connectivity index is 1.16. The van der Waals surface area contributed by atoms with Crippen molar-refractivity contribution in [2.24, 2.45) is 5.92 Å². The number of carbonyl (C=O) groups excluding carboxylic acids is 2. The quantitative estimate of drug-likeness (QED) is 0.443. The van der Waals surface area contributed by atoms with Gasteiger partial charge in [0.05, 0.1) is 17.9 Å². The van der Waals surface area contributed by atoms with Crippen molar-refractivity contribution in [1.29, 1.82) is 0 Å². The van der Waals surface area contributed by atoms with Gasteiger partial charge in [-0.25, -0.2) is 0 Å². The number of amides is 2. The van der Waals surface area contributed by atoms with Crippen LogP contribution in [0.5, 0.6) is 11.5 Å². The molecule has 2 aliphatic heterocycles. The Morgan fingerprint density at radius 1 is 1.17 bits per heavy atom. The van der Waals surface area contributed by atoms with Gasteiger partial charge < -0.3 is 24.7 Å². The first-order valence-electron chi connectivity index (χ1n) is 12.1. The summed E-state index contributed by atoms with van der Waals surface area (Å²) in [6.45, 7) is 5.19. The fourth-order valence-electron chi connectivity index (χ4n) is 5.23. The lowest BCUT2D eigenvalue weighted by Crippen LogP contribution is -2.43. The van der Waals surface area contributed by atoms with E-state index < -0.39 is 0 Å². The third kappa shape index (κ3) is 3.86. The topological polar surface area (TPSA) is 101 Å². The van der Waals surface area contributed by atoms with Crippen molar-refractivity contribution in [3.05, 3.63) is 71.7 Å². The van der Waals surface area contributed by atoms with E-state index in [1.54, 1.807) is 35.3 Å². The number of aromatic amines is 1. The smallest absolute Gasteiger partial charge is 0.255 e. The maximum absolute atomic E-state index is 13.4. The van der Waals surface area contributed by atoms with E-state index in [0.717, 1.165) is 17.6 Å². The van der Waals surface area contributed by atoms with Crippen LogP contribution >= 0.6 is 0 Å². The molecule has 2 aliphatic rings. The van der Waals surface area contributed by atoms with Crippen molar-refractivity contribution >= 4 is 28.4 Å². The summed E-state index contributed by atoms with van der Waals surface area (Å²) in [6.07, 6.45) is 4.03. The molecule has 2 N–H and O–H groups in total. The number of H-pyrrole nitrogens is 1. The Morgan fingerprint density at radius 3 is 2.86 bits per heavy atom. The maximum Gasteiger partial charge on any atom is 0.255 e. The van der Waals surface area contributed by atoms with Crippen molar-refractivity contribution in [3.63, 3.8) is 0 Å². The molecule has 2 aromatic heterocycles. The fraction of sp³-hybridized carbons (Fsp3) is 0.296. The lowest BCUT2D eigenvalue weighted by atomic mass is 9.90. The molecule has 6 rings (SSSR count).